The highest BCUT2D eigenvalue weighted by Gasteiger charge is 2.51. The topological polar surface area (TPSA) is 210 Å². The Balaban J connectivity index is 2.46. The molecule has 0 heterocycles. The van der Waals surface area contributed by atoms with Gasteiger partial charge in [-0.15, -0.1) is 0 Å². The van der Waals surface area contributed by atoms with Crippen LogP contribution in [0.4, 0.5) is 0 Å². The van der Waals surface area contributed by atoms with E-state index >= 15 is 0 Å². The Morgan fingerprint density at radius 1 is 0.517 bits per heavy atom. The van der Waals surface area contributed by atoms with E-state index in [1.54, 1.807) is 0 Å². The zero-order valence-electron chi connectivity index (χ0n) is 36.1. The van der Waals surface area contributed by atoms with Gasteiger partial charge in [0, 0.05) is 12.8 Å². The monoisotopic (exact) mass is 851 g/mol. The number of ether oxygens (including phenoxy) is 2. The number of hydrogen-bond acceptors (Lipinski definition) is 12. The quantitative estimate of drug-likeness (QED) is 0.0149. The first kappa shape index (κ1) is 54.6. The van der Waals surface area contributed by atoms with Gasteiger partial charge in [0.1, 0.15) is 43.2 Å². The summed E-state index contributed by atoms with van der Waals surface area (Å²) >= 11 is 0. The third kappa shape index (κ3) is 27.4. The van der Waals surface area contributed by atoms with E-state index in [2.05, 4.69) is 26.0 Å². The summed E-state index contributed by atoms with van der Waals surface area (Å²) in [5.41, 5.74) is 0. The van der Waals surface area contributed by atoms with Gasteiger partial charge in [-0.25, -0.2) is 4.57 Å². The maximum Gasteiger partial charge on any atom is 0.472 e. The number of rotatable bonds is 38. The normalized spacial score (nSPS) is 22.6. The van der Waals surface area contributed by atoms with Gasteiger partial charge in [0.05, 0.1) is 6.61 Å². The predicted octanol–water partition coefficient (Wildman–Crippen LogP) is 8.67. The van der Waals surface area contributed by atoms with E-state index in [-0.39, 0.29) is 12.8 Å². The van der Waals surface area contributed by atoms with Crippen LogP contribution in [-0.2, 0) is 32.7 Å². The van der Waals surface area contributed by atoms with Crippen LogP contribution < -0.4 is 0 Å². The van der Waals surface area contributed by atoms with E-state index in [0.29, 0.717) is 12.8 Å². The third-order valence-electron chi connectivity index (χ3n) is 10.9. The van der Waals surface area contributed by atoms with E-state index in [0.717, 1.165) is 57.8 Å². The van der Waals surface area contributed by atoms with Gasteiger partial charge in [-0.3, -0.25) is 18.6 Å². The molecule has 0 aromatic carbocycles. The van der Waals surface area contributed by atoms with Crippen molar-refractivity contribution in [1.29, 1.82) is 0 Å². The summed E-state index contributed by atoms with van der Waals surface area (Å²) < 4.78 is 33.5. The van der Waals surface area contributed by atoms with Crippen molar-refractivity contribution >= 4 is 19.8 Å². The number of esters is 2. The van der Waals surface area contributed by atoms with Gasteiger partial charge in [-0.2, -0.15) is 0 Å². The van der Waals surface area contributed by atoms with E-state index in [1.165, 1.54) is 103 Å². The number of carbonyl (C=O) groups excluding carboxylic acids is 2. The fourth-order valence-electron chi connectivity index (χ4n) is 7.11. The molecule has 1 aliphatic carbocycles. The minimum Gasteiger partial charge on any atom is -0.462 e. The molecule has 0 saturated heterocycles. The number of phosphoric acid groups is 1. The summed E-state index contributed by atoms with van der Waals surface area (Å²) in [6, 6.07) is 0. The van der Waals surface area contributed by atoms with Crippen LogP contribution in [0.15, 0.2) is 12.2 Å². The molecule has 6 N–H and O–H groups in total. The fraction of sp³-hybridized carbons (Fsp3) is 0.909. The molecule has 58 heavy (non-hydrogen) atoms. The minimum atomic E-state index is -5.11. The van der Waals surface area contributed by atoms with Crippen molar-refractivity contribution in [1.82, 2.24) is 0 Å². The lowest BCUT2D eigenvalue weighted by Gasteiger charge is -2.41. The van der Waals surface area contributed by atoms with Crippen molar-refractivity contribution in [3.63, 3.8) is 0 Å². The highest BCUT2D eigenvalue weighted by molar-refractivity contribution is 7.47. The summed E-state index contributed by atoms with van der Waals surface area (Å²) in [5.74, 6) is -1.10. The molecule has 342 valence electrons. The molecule has 8 atom stereocenters. The Bertz CT molecular complexity index is 1080. The number of aliphatic hydroxyl groups excluding tert-OH is 5. The van der Waals surface area contributed by atoms with Gasteiger partial charge >= 0.3 is 19.8 Å². The Labute approximate surface area is 350 Å². The Morgan fingerprint density at radius 2 is 0.879 bits per heavy atom. The van der Waals surface area contributed by atoms with Gasteiger partial charge in [0.25, 0.3) is 0 Å². The van der Waals surface area contributed by atoms with Crippen molar-refractivity contribution in [2.45, 2.75) is 243 Å². The van der Waals surface area contributed by atoms with Gasteiger partial charge < -0.3 is 39.9 Å². The van der Waals surface area contributed by atoms with Crippen molar-refractivity contribution in [2.24, 2.45) is 0 Å². The lowest BCUT2D eigenvalue weighted by atomic mass is 9.85. The number of aliphatic hydroxyl groups is 5. The van der Waals surface area contributed by atoms with E-state index in [1.807, 2.05) is 0 Å². The van der Waals surface area contributed by atoms with Crippen molar-refractivity contribution in [2.75, 3.05) is 13.2 Å². The molecule has 13 nitrogen and oxygen atoms in total. The smallest absolute Gasteiger partial charge is 0.462 e. The summed E-state index contributed by atoms with van der Waals surface area (Å²) in [5, 5.41) is 50.1. The summed E-state index contributed by atoms with van der Waals surface area (Å²) in [7, 11) is -5.11. The minimum absolute atomic E-state index is 0.101. The molecule has 0 aromatic rings. The van der Waals surface area contributed by atoms with Gasteiger partial charge in [-0.1, -0.05) is 161 Å². The van der Waals surface area contributed by atoms with Crippen LogP contribution in [-0.4, -0.2) is 98.3 Å². The lowest BCUT2D eigenvalue weighted by molar-refractivity contribution is -0.220. The first-order valence-corrected chi connectivity index (χ1v) is 24.5. The van der Waals surface area contributed by atoms with Gasteiger partial charge in [0.15, 0.2) is 6.10 Å². The molecule has 0 aromatic heterocycles. The zero-order valence-corrected chi connectivity index (χ0v) is 37.0. The number of unbranched alkanes of at least 4 members (excludes halogenated alkanes) is 24. The lowest BCUT2D eigenvalue weighted by Crippen LogP contribution is -2.64. The second-order valence-corrected chi connectivity index (χ2v) is 17.7. The first-order valence-electron chi connectivity index (χ1n) is 23.0. The molecule has 6 unspecified atom stereocenters. The molecule has 0 bridgehead atoms. The average Bonchev–Trinajstić information content (AvgIpc) is 3.20. The van der Waals surface area contributed by atoms with Crippen LogP contribution in [0.5, 0.6) is 0 Å². The molecular weight excluding hydrogens is 767 g/mol. The van der Waals surface area contributed by atoms with Crippen LogP contribution in [0.1, 0.15) is 200 Å². The molecule has 1 fully saturated rings. The Kier molecular flexibility index (Phi) is 33.2. The van der Waals surface area contributed by atoms with Gasteiger partial charge in [0.2, 0.25) is 0 Å². The van der Waals surface area contributed by atoms with E-state index in [9.17, 15) is 44.6 Å². The molecule has 0 spiro atoms. The predicted molar refractivity (Wildman–Crippen MR) is 226 cm³/mol. The standard InChI is InChI=1S/C44H83O13P/c1-3-5-7-9-11-13-15-17-19-21-23-25-27-29-31-33-38(46)56-36(35-55-58(52,53)57-44-42(50)40(48)39(47)41(49)43(44)51)34-54-37(45)32-30-28-26-24-22-20-18-16-14-12-10-8-6-4-2/h16,18,36,39-44,47-51H,3-15,17,19-35H2,1-2H3,(H,52,53)/b18-16-/t36-,39?,40-,41?,42?,43?,44?/m1/s1. The Hall–Kier alpha value is -1.41. The fourth-order valence-corrected chi connectivity index (χ4v) is 8.08. The molecule has 14 heteroatoms. The summed E-state index contributed by atoms with van der Waals surface area (Å²) in [6.07, 6.45) is 22.6. The molecule has 0 radical (unpaired) electrons. The SMILES string of the molecule is CCCCCCC/C=C\CCCCCCCC(=O)OC[C@H](COP(=O)(O)OC1C(O)C(O)C(O)[C@@H](O)C1O)OC(=O)CCCCCCCCCCCCCCCCC. The molecule has 1 saturated carbocycles. The van der Waals surface area contributed by atoms with Crippen molar-refractivity contribution < 1.29 is 63.1 Å². The maximum absolute atomic E-state index is 12.8. The van der Waals surface area contributed by atoms with Crippen LogP contribution in [0.25, 0.3) is 0 Å². The number of hydrogen-bond donors (Lipinski definition) is 6. The summed E-state index contributed by atoms with van der Waals surface area (Å²) in [4.78, 5) is 35.7. The second kappa shape index (κ2) is 35.2. The first-order chi connectivity index (χ1) is 27.9. The van der Waals surface area contributed by atoms with Gasteiger partial charge in [-0.05, 0) is 38.5 Å². The second-order valence-electron chi connectivity index (χ2n) is 16.3. The molecule has 1 rings (SSSR count). The number of phosphoric ester groups is 1. The number of allylic oxidation sites excluding steroid dienone is 2. The van der Waals surface area contributed by atoms with E-state index in [4.69, 9.17) is 18.5 Å². The molecular formula is C44H83O13P. The molecule has 0 amide bonds. The summed E-state index contributed by atoms with van der Waals surface area (Å²) in [6.45, 7) is 3.29. The maximum atomic E-state index is 12.8. The highest BCUT2D eigenvalue weighted by Crippen LogP contribution is 2.47. The third-order valence-corrected chi connectivity index (χ3v) is 11.8. The number of carbonyl (C=O) groups is 2. The zero-order chi connectivity index (χ0) is 42.9. The van der Waals surface area contributed by atoms with Crippen LogP contribution in [0.3, 0.4) is 0 Å². The largest absolute Gasteiger partial charge is 0.472 e. The van der Waals surface area contributed by atoms with Crippen molar-refractivity contribution in [3.8, 4) is 0 Å². The molecule has 0 aliphatic heterocycles. The van der Waals surface area contributed by atoms with Crippen LogP contribution in [0.2, 0.25) is 0 Å². The molecule has 1 aliphatic rings. The highest BCUT2D eigenvalue weighted by atomic mass is 31.2. The Morgan fingerprint density at radius 3 is 1.31 bits per heavy atom. The van der Waals surface area contributed by atoms with Crippen molar-refractivity contribution in [3.05, 3.63) is 12.2 Å². The van der Waals surface area contributed by atoms with E-state index < -0.39 is 75.7 Å². The van der Waals surface area contributed by atoms with Crippen LogP contribution >= 0.6 is 7.82 Å². The van der Waals surface area contributed by atoms with Crippen LogP contribution in [0, 0.1) is 0 Å². The average molecular weight is 851 g/mol.